The quantitative estimate of drug-likeness (QED) is 0.0615. The lowest BCUT2D eigenvalue weighted by Gasteiger charge is -2.18. The molecule has 1 heteroatoms. The van der Waals surface area contributed by atoms with Gasteiger partial charge in [-0.2, -0.15) is 0 Å². The van der Waals surface area contributed by atoms with Crippen molar-refractivity contribution >= 4 is 0 Å². The molecule has 0 bridgehead atoms. The van der Waals surface area contributed by atoms with Crippen molar-refractivity contribution < 1.29 is 0 Å². The smallest absolute Gasteiger partial charge is 0.00180 e. The fourth-order valence-electron chi connectivity index (χ4n) is 6.63. The molecular formula is C41H75N. The van der Waals surface area contributed by atoms with Gasteiger partial charge in [-0.3, -0.25) is 0 Å². The lowest BCUT2D eigenvalue weighted by molar-refractivity contribution is 0.346. The second-order valence-electron chi connectivity index (χ2n) is 13.5. The van der Waals surface area contributed by atoms with E-state index in [2.05, 4.69) is 74.8 Å². The maximum Gasteiger partial charge on any atom is -0.00180 e. The summed E-state index contributed by atoms with van der Waals surface area (Å²) in [6.07, 6.45) is 56.0. The molecule has 1 nitrogen and oxygen atoms in total. The molecule has 0 aliphatic heterocycles. The van der Waals surface area contributed by atoms with Gasteiger partial charge in [-0.25, -0.2) is 0 Å². The highest BCUT2D eigenvalue weighted by Gasteiger charge is 2.51. The molecule has 0 aromatic heterocycles. The summed E-state index contributed by atoms with van der Waals surface area (Å²) < 4.78 is 0. The molecule has 0 aromatic rings. The first-order valence-electron chi connectivity index (χ1n) is 19.0. The van der Waals surface area contributed by atoms with Crippen LogP contribution in [0.25, 0.3) is 0 Å². The summed E-state index contributed by atoms with van der Waals surface area (Å²) in [4.78, 5) is 0. The van der Waals surface area contributed by atoms with Crippen LogP contribution in [0.15, 0.2) is 48.6 Å². The maximum absolute atomic E-state index is 3.48. The average Bonchev–Trinajstić information content (AvgIpc) is 3.68. The van der Waals surface area contributed by atoms with Crippen LogP contribution in [0.1, 0.15) is 187 Å². The molecule has 0 saturated heterocycles. The van der Waals surface area contributed by atoms with E-state index in [0.29, 0.717) is 5.41 Å². The van der Waals surface area contributed by atoms with E-state index in [0.717, 1.165) is 18.8 Å². The van der Waals surface area contributed by atoms with Crippen molar-refractivity contribution in [3.05, 3.63) is 48.6 Å². The Morgan fingerprint density at radius 1 is 0.476 bits per heavy atom. The summed E-state index contributed by atoms with van der Waals surface area (Å²) >= 11 is 0. The molecular weight excluding hydrogens is 506 g/mol. The van der Waals surface area contributed by atoms with Gasteiger partial charge in [-0.05, 0) is 108 Å². The molecule has 244 valence electrons. The van der Waals surface area contributed by atoms with Crippen LogP contribution in [0, 0.1) is 11.3 Å². The van der Waals surface area contributed by atoms with Crippen molar-refractivity contribution in [3.8, 4) is 0 Å². The van der Waals surface area contributed by atoms with E-state index in [9.17, 15) is 0 Å². The van der Waals surface area contributed by atoms with Gasteiger partial charge in [0.25, 0.3) is 0 Å². The van der Waals surface area contributed by atoms with Crippen LogP contribution in [0.3, 0.4) is 0 Å². The Morgan fingerprint density at radius 3 is 1.21 bits per heavy atom. The predicted molar refractivity (Wildman–Crippen MR) is 192 cm³/mol. The fraction of sp³-hybridized carbons (Fsp3) is 0.805. The molecule has 1 fully saturated rings. The average molecular weight is 582 g/mol. The van der Waals surface area contributed by atoms with Crippen LogP contribution >= 0.6 is 0 Å². The molecule has 1 N–H and O–H groups in total. The Morgan fingerprint density at radius 2 is 0.833 bits per heavy atom. The van der Waals surface area contributed by atoms with Crippen LogP contribution in [-0.4, -0.2) is 13.6 Å². The normalized spacial score (nSPS) is 16.7. The van der Waals surface area contributed by atoms with Crippen LogP contribution in [0.4, 0.5) is 0 Å². The maximum atomic E-state index is 3.48. The van der Waals surface area contributed by atoms with Crippen molar-refractivity contribution in [1.29, 1.82) is 0 Å². The standard InChI is InChI=1S/C41H75N/c1-4-6-8-10-12-14-16-18-20-22-24-26-28-30-32-34-36-41(38-40(41)39-42-3)37-35-33-31-29-27-25-23-21-19-17-15-13-11-9-7-5-2/h12-15,18-21,40,42H,4-11,16-17,22-39H2,1-3H3/b14-12-,15-13-,20-18-,21-19-. The zero-order valence-electron chi connectivity index (χ0n) is 29.0. The molecule has 0 amide bonds. The summed E-state index contributed by atoms with van der Waals surface area (Å²) in [7, 11) is 2.14. The lowest BCUT2D eigenvalue weighted by atomic mass is 9.89. The Balaban J connectivity index is 1.98. The minimum atomic E-state index is 0.702. The molecule has 0 spiro atoms. The van der Waals surface area contributed by atoms with E-state index >= 15 is 0 Å². The van der Waals surface area contributed by atoms with Crippen LogP contribution in [0.2, 0.25) is 0 Å². The Hall–Kier alpha value is -1.08. The van der Waals surface area contributed by atoms with Gasteiger partial charge < -0.3 is 5.32 Å². The molecule has 1 aliphatic carbocycles. The summed E-state index contributed by atoms with van der Waals surface area (Å²) in [6.45, 7) is 5.79. The predicted octanol–water partition coefficient (Wildman–Crippen LogP) is 13.6. The van der Waals surface area contributed by atoms with Gasteiger partial charge in [0.1, 0.15) is 0 Å². The zero-order chi connectivity index (χ0) is 30.2. The van der Waals surface area contributed by atoms with Gasteiger partial charge >= 0.3 is 0 Å². The fourth-order valence-corrected chi connectivity index (χ4v) is 6.63. The summed E-state index contributed by atoms with van der Waals surface area (Å²) in [5.41, 5.74) is 0.702. The Kier molecular flexibility index (Phi) is 27.8. The number of hydrogen-bond acceptors (Lipinski definition) is 1. The van der Waals surface area contributed by atoms with Crippen LogP contribution in [-0.2, 0) is 0 Å². The van der Waals surface area contributed by atoms with Gasteiger partial charge in [0.2, 0.25) is 0 Å². The molecule has 1 unspecified atom stereocenters. The number of hydrogen-bond donors (Lipinski definition) is 1. The largest absolute Gasteiger partial charge is 0.319 e. The highest BCUT2D eigenvalue weighted by atomic mass is 14.8. The highest BCUT2D eigenvalue weighted by molar-refractivity contribution is 5.02. The molecule has 0 radical (unpaired) electrons. The third kappa shape index (κ3) is 23.4. The van der Waals surface area contributed by atoms with E-state index in [4.69, 9.17) is 0 Å². The lowest BCUT2D eigenvalue weighted by Crippen LogP contribution is -2.15. The van der Waals surface area contributed by atoms with Crippen molar-refractivity contribution in [2.45, 2.75) is 187 Å². The van der Waals surface area contributed by atoms with Gasteiger partial charge in [-0.1, -0.05) is 152 Å². The zero-order valence-corrected chi connectivity index (χ0v) is 29.0. The van der Waals surface area contributed by atoms with E-state index < -0.39 is 0 Å². The molecule has 42 heavy (non-hydrogen) atoms. The number of unbranched alkanes of at least 4 members (excludes halogenated alkanes) is 18. The van der Waals surface area contributed by atoms with E-state index in [1.54, 1.807) is 0 Å². The number of rotatable bonds is 32. The monoisotopic (exact) mass is 582 g/mol. The van der Waals surface area contributed by atoms with Crippen molar-refractivity contribution in [2.24, 2.45) is 11.3 Å². The minimum absolute atomic E-state index is 0.702. The Bertz CT molecular complexity index is 620. The number of nitrogens with one attached hydrogen (secondary N) is 1. The van der Waals surface area contributed by atoms with Gasteiger partial charge in [0.05, 0.1) is 0 Å². The van der Waals surface area contributed by atoms with Crippen molar-refractivity contribution in [1.82, 2.24) is 5.32 Å². The second kappa shape index (κ2) is 30.0. The summed E-state index contributed by atoms with van der Waals surface area (Å²) in [6, 6.07) is 0. The molecule has 1 atom stereocenters. The molecule has 0 aromatic carbocycles. The third-order valence-corrected chi connectivity index (χ3v) is 9.56. The molecule has 1 aliphatic rings. The van der Waals surface area contributed by atoms with Gasteiger partial charge in [0.15, 0.2) is 0 Å². The third-order valence-electron chi connectivity index (χ3n) is 9.56. The van der Waals surface area contributed by atoms with E-state index in [1.165, 1.54) is 167 Å². The topological polar surface area (TPSA) is 12.0 Å². The number of allylic oxidation sites excluding steroid dienone is 8. The van der Waals surface area contributed by atoms with Gasteiger partial charge in [0, 0.05) is 0 Å². The van der Waals surface area contributed by atoms with Crippen molar-refractivity contribution in [3.63, 3.8) is 0 Å². The van der Waals surface area contributed by atoms with Crippen LogP contribution < -0.4 is 5.32 Å². The second-order valence-corrected chi connectivity index (χ2v) is 13.5. The first kappa shape index (κ1) is 38.9. The van der Waals surface area contributed by atoms with E-state index in [1.807, 2.05) is 0 Å². The molecule has 1 rings (SSSR count). The SMILES string of the molecule is CCCCC/C=C\C/C=C\CCCCCCCCC1(CCCCCCCC/C=C\C/C=C\CCCCC)CC1CNC. The molecule has 0 heterocycles. The van der Waals surface area contributed by atoms with E-state index in [-0.39, 0.29) is 0 Å². The van der Waals surface area contributed by atoms with Crippen molar-refractivity contribution in [2.75, 3.05) is 13.6 Å². The first-order valence-corrected chi connectivity index (χ1v) is 19.0. The highest BCUT2D eigenvalue weighted by Crippen LogP contribution is 2.59. The minimum Gasteiger partial charge on any atom is -0.319 e. The van der Waals surface area contributed by atoms with Gasteiger partial charge in [-0.15, -0.1) is 0 Å². The van der Waals surface area contributed by atoms with Crippen LogP contribution in [0.5, 0.6) is 0 Å². The first-order chi connectivity index (χ1) is 20.8. The summed E-state index contributed by atoms with van der Waals surface area (Å²) in [5, 5.41) is 3.48. The molecule has 1 saturated carbocycles. The Labute approximate surface area is 265 Å². The summed E-state index contributed by atoms with van der Waals surface area (Å²) in [5.74, 6) is 0.957.